The number of unbranched alkanes of at least 4 members (excludes halogenated alkanes) is 2. The van der Waals surface area contributed by atoms with E-state index < -0.39 is 23.6 Å². The van der Waals surface area contributed by atoms with E-state index in [4.69, 9.17) is 5.11 Å². The van der Waals surface area contributed by atoms with Crippen LogP contribution in [-0.4, -0.2) is 38.5 Å². The molecule has 0 aliphatic rings. The van der Waals surface area contributed by atoms with Crippen LogP contribution in [-0.2, 0) is 11.0 Å². The van der Waals surface area contributed by atoms with Gasteiger partial charge < -0.3 is 10.4 Å². The standard InChI is InChI=1S/C16H17F3N4O3/c17-16(18,19)11-6-3-4-7-13(11)23-10-12(21-22-23)15(26)20-9-5-1-2-8-14(24)25/h3-4,6-7,10H,1-2,5,8-9H2,(H,20,26)(H,24,25). The first-order valence-corrected chi connectivity index (χ1v) is 7.88. The summed E-state index contributed by atoms with van der Waals surface area (Å²) in [5.41, 5.74) is -1.21. The van der Waals surface area contributed by atoms with Gasteiger partial charge in [-0.2, -0.15) is 13.2 Å². The molecule has 2 aromatic rings. The van der Waals surface area contributed by atoms with Crippen LogP contribution < -0.4 is 5.32 Å². The van der Waals surface area contributed by atoms with E-state index in [9.17, 15) is 22.8 Å². The van der Waals surface area contributed by atoms with Gasteiger partial charge in [0.15, 0.2) is 5.69 Å². The van der Waals surface area contributed by atoms with Gasteiger partial charge in [0, 0.05) is 13.0 Å². The van der Waals surface area contributed by atoms with Gasteiger partial charge in [-0.05, 0) is 25.0 Å². The van der Waals surface area contributed by atoms with E-state index in [-0.39, 0.29) is 17.8 Å². The predicted octanol–water partition coefficient (Wildman–Crippen LogP) is 2.66. The molecule has 0 spiro atoms. The Hall–Kier alpha value is -2.91. The van der Waals surface area contributed by atoms with Crippen LogP contribution in [0.1, 0.15) is 41.7 Å². The lowest BCUT2D eigenvalue weighted by molar-refractivity contribution is -0.138. The normalized spacial score (nSPS) is 11.3. The Morgan fingerprint density at radius 2 is 1.88 bits per heavy atom. The number of hydrogen-bond acceptors (Lipinski definition) is 4. The Labute approximate surface area is 146 Å². The highest BCUT2D eigenvalue weighted by Crippen LogP contribution is 2.33. The first-order chi connectivity index (χ1) is 12.3. The number of rotatable bonds is 8. The molecule has 0 atom stereocenters. The van der Waals surface area contributed by atoms with Crippen molar-refractivity contribution in [1.29, 1.82) is 0 Å². The van der Waals surface area contributed by atoms with E-state index in [1.54, 1.807) is 0 Å². The maximum Gasteiger partial charge on any atom is 0.418 e. The van der Waals surface area contributed by atoms with Crippen LogP contribution in [0.4, 0.5) is 13.2 Å². The number of carbonyl (C=O) groups excluding carboxylic acids is 1. The minimum atomic E-state index is -4.55. The number of carboxylic acid groups (broad SMARTS) is 1. The van der Waals surface area contributed by atoms with Crippen molar-refractivity contribution in [2.45, 2.75) is 31.9 Å². The number of amides is 1. The zero-order valence-corrected chi connectivity index (χ0v) is 13.7. The topological polar surface area (TPSA) is 97.1 Å². The maximum absolute atomic E-state index is 13.0. The van der Waals surface area contributed by atoms with Crippen LogP contribution in [0.5, 0.6) is 0 Å². The van der Waals surface area contributed by atoms with Crippen LogP contribution in [0.2, 0.25) is 0 Å². The van der Waals surface area contributed by atoms with Gasteiger partial charge in [0.1, 0.15) is 0 Å². The summed E-state index contributed by atoms with van der Waals surface area (Å²) in [7, 11) is 0. The molecule has 0 radical (unpaired) electrons. The highest BCUT2D eigenvalue weighted by atomic mass is 19.4. The SMILES string of the molecule is O=C(O)CCCCCNC(=O)c1cn(-c2ccccc2C(F)(F)F)nn1. The molecule has 0 fully saturated rings. The third kappa shape index (κ3) is 5.30. The summed E-state index contributed by atoms with van der Waals surface area (Å²) in [6.07, 6.45) is -1.62. The van der Waals surface area contributed by atoms with Gasteiger partial charge in [-0.3, -0.25) is 9.59 Å². The molecule has 1 heterocycles. The van der Waals surface area contributed by atoms with Crippen molar-refractivity contribution < 1.29 is 27.9 Å². The highest BCUT2D eigenvalue weighted by Gasteiger charge is 2.34. The van der Waals surface area contributed by atoms with Crippen molar-refractivity contribution in [3.05, 3.63) is 41.7 Å². The summed E-state index contributed by atoms with van der Waals surface area (Å²) in [5, 5.41) is 18.3. The number of carboxylic acids is 1. The lowest BCUT2D eigenvalue weighted by Gasteiger charge is -2.11. The molecule has 7 nitrogen and oxygen atoms in total. The molecule has 2 rings (SSSR count). The number of aliphatic carboxylic acids is 1. The van der Waals surface area contributed by atoms with Crippen LogP contribution >= 0.6 is 0 Å². The molecule has 1 aromatic carbocycles. The highest BCUT2D eigenvalue weighted by molar-refractivity contribution is 5.91. The van der Waals surface area contributed by atoms with Crippen molar-refractivity contribution in [1.82, 2.24) is 20.3 Å². The number of aromatic nitrogens is 3. The maximum atomic E-state index is 13.0. The van der Waals surface area contributed by atoms with Crippen LogP contribution in [0.25, 0.3) is 5.69 Å². The second kappa shape index (κ2) is 8.45. The molecule has 1 aromatic heterocycles. The largest absolute Gasteiger partial charge is 0.481 e. The Morgan fingerprint density at radius 3 is 2.58 bits per heavy atom. The summed E-state index contributed by atoms with van der Waals surface area (Å²) >= 11 is 0. The third-order valence-corrected chi connectivity index (χ3v) is 3.54. The summed E-state index contributed by atoms with van der Waals surface area (Å²) in [5.74, 6) is -1.43. The fourth-order valence-electron chi connectivity index (χ4n) is 2.27. The zero-order valence-electron chi connectivity index (χ0n) is 13.7. The van der Waals surface area contributed by atoms with E-state index in [2.05, 4.69) is 15.6 Å². The van der Waals surface area contributed by atoms with Gasteiger partial charge in [-0.25, -0.2) is 4.68 Å². The molecule has 10 heteroatoms. The smallest absolute Gasteiger partial charge is 0.418 e. The fourth-order valence-corrected chi connectivity index (χ4v) is 2.27. The Kier molecular flexibility index (Phi) is 6.31. The average Bonchev–Trinajstić information content (AvgIpc) is 3.07. The molecule has 26 heavy (non-hydrogen) atoms. The van der Waals surface area contributed by atoms with Crippen molar-refractivity contribution in [2.75, 3.05) is 6.54 Å². The number of benzene rings is 1. The van der Waals surface area contributed by atoms with Crippen molar-refractivity contribution in [2.24, 2.45) is 0 Å². The third-order valence-electron chi connectivity index (χ3n) is 3.54. The summed E-state index contributed by atoms with van der Waals surface area (Å²) in [6.45, 7) is 0.310. The van der Waals surface area contributed by atoms with Crippen LogP contribution in [0.15, 0.2) is 30.5 Å². The molecule has 0 saturated carbocycles. The molecule has 1 amide bonds. The molecule has 0 bridgehead atoms. The number of para-hydroxylation sites is 1. The number of hydrogen-bond donors (Lipinski definition) is 2. The van der Waals surface area contributed by atoms with E-state index in [1.165, 1.54) is 18.2 Å². The predicted molar refractivity (Wildman–Crippen MR) is 84.8 cm³/mol. The summed E-state index contributed by atoms with van der Waals surface area (Å²) in [4.78, 5) is 22.3. The molecule has 0 saturated heterocycles. The van der Waals surface area contributed by atoms with Gasteiger partial charge in [-0.15, -0.1) is 5.10 Å². The second-order valence-corrected chi connectivity index (χ2v) is 5.52. The Morgan fingerprint density at radius 1 is 1.15 bits per heavy atom. The summed E-state index contributed by atoms with van der Waals surface area (Å²) in [6, 6.07) is 4.86. The quantitative estimate of drug-likeness (QED) is 0.697. The van der Waals surface area contributed by atoms with E-state index in [1.807, 2.05) is 0 Å². The molecule has 140 valence electrons. The minimum Gasteiger partial charge on any atom is -0.481 e. The van der Waals surface area contributed by atoms with Crippen LogP contribution in [0, 0.1) is 0 Å². The first kappa shape index (κ1) is 19.4. The van der Waals surface area contributed by atoms with Crippen molar-refractivity contribution in [3.63, 3.8) is 0 Å². The van der Waals surface area contributed by atoms with Crippen molar-refractivity contribution >= 4 is 11.9 Å². The number of alkyl halides is 3. The minimum absolute atomic E-state index is 0.0703. The molecule has 0 aliphatic heterocycles. The molecular weight excluding hydrogens is 353 g/mol. The zero-order chi connectivity index (χ0) is 19.2. The average molecular weight is 370 g/mol. The number of nitrogens with one attached hydrogen (secondary N) is 1. The van der Waals surface area contributed by atoms with Crippen LogP contribution in [0.3, 0.4) is 0 Å². The van der Waals surface area contributed by atoms with Gasteiger partial charge in [-0.1, -0.05) is 23.8 Å². The van der Waals surface area contributed by atoms with Gasteiger partial charge >= 0.3 is 12.1 Å². The first-order valence-electron chi connectivity index (χ1n) is 7.88. The summed E-state index contributed by atoms with van der Waals surface area (Å²) < 4.78 is 40.0. The number of nitrogens with zero attached hydrogens (tertiary/aromatic N) is 3. The van der Waals surface area contributed by atoms with Gasteiger partial charge in [0.25, 0.3) is 5.91 Å². The number of carbonyl (C=O) groups is 2. The second-order valence-electron chi connectivity index (χ2n) is 5.52. The molecule has 2 N–H and O–H groups in total. The number of halogens is 3. The Balaban J connectivity index is 1.96. The van der Waals surface area contributed by atoms with Crippen molar-refractivity contribution in [3.8, 4) is 5.69 Å². The molecular formula is C16H17F3N4O3. The lowest BCUT2D eigenvalue weighted by atomic mass is 10.1. The van der Waals surface area contributed by atoms with E-state index in [0.717, 1.165) is 16.9 Å². The van der Waals surface area contributed by atoms with Gasteiger partial charge in [0.2, 0.25) is 0 Å². The Bertz CT molecular complexity index is 774. The molecule has 0 unspecified atom stereocenters. The van der Waals surface area contributed by atoms with Gasteiger partial charge in [0.05, 0.1) is 17.4 Å². The van der Waals surface area contributed by atoms with E-state index in [0.29, 0.717) is 25.8 Å². The van der Waals surface area contributed by atoms with E-state index >= 15 is 0 Å². The lowest BCUT2D eigenvalue weighted by Crippen LogP contribution is -2.24. The molecule has 0 aliphatic carbocycles. The fraction of sp³-hybridized carbons (Fsp3) is 0.375. The monoisotopic (exact) mass is 370 g/mol.